The molecule has 0 unspecified atom stereocenters. The number of quaternary nitrogens is 1. The van der Waals surface area contributed by atoms with Gasteiger partial charge < -0.3 is 26.4 Å². The van der Waals surface area contributed by atoms with Gasteiger partial charge in [-0.15, -0.1) is 0 Å². The summed E-state index contributed by atoms with van der Waals surface area (Å²) in [5.41, 5.74) is 0. The van der Waals surface area contributed by atoms with Crippen molar-refractivity contribution < 1.29 is 26.3 Å². The van der Waals surface area contributed by atoms with Crippen molar-refractivity contribution in [1.29, 1.82) is 0 Å². The summed E-state index contributed by atoms with van der Waals surface area (Å²) in [4.78, 5) is 15.6. The van der Waals surface area contributed by atoms with Crippen molar-refractivity contribution in [3.63, 3.8) is 0 Å². The molecule has 0 aliphatic heterocycles. The molecule has 0 saturated carbocycles. The Kier molecular flexibility index (Phi) is 47.3. The van der Waals surface area contributed by atoms with Crippen LogP contribution in [-0.4, -0.2) is 56.1 Å². The fourth-order valence-electron chi connectivity index (χ4n) is 8.14. The molecule has 0 spiro atoms. The van der Waals surface area contributed by atoms with Crippen molar-refractivity contribution in [1.82, 2.24) is 4.90 Å². The molecule has 0 N–H and O–H groups in total. The smallest absolute Gasteiger partial charge is 0.222 e. The van der Waals surface area contributed by atoms with E-state index in [9.17, 15) is 4.79 Å². The van der Waals surface area contributed by atoms with Gasteiger partial charge in [0, 0.05) is 19.5 Å². The Bertz CT molecular complexity index is 671. The maximum Gasteiger partial charge on any atom is 0.222 e. The first-order valence-corrected chi connectivity index (χ1v) is 25.0. The van der Waals surface area contributed by atoms with Gasteiger partial charge >= 0.3 is 0 Å². The average molecular weight is 828 g/mol. The zero-order valence-electron chi connectivity index (χ0n) is 38.3. The molecule has 0 bridgehead atoms. The lowest BCUT2D eigenvalue weighted by Crippen LogP contribution is -3.00. The second-order valence-corrected chi connectivity index (χ2v) is 18.6. The number of halogens is 1. The van der Waals surface area contributed by atoms with E-state index in [4.69, 9.17) is 0 Å². The van der Waals surface area contributed by atoms with Crippen LogP contribution in [0.15, 0.2) is 0 Å². The van der Waals surface area contributed by atoms with Crippen molar-refractivity contribution in [2.75, 3.05) is 40.8 Å². The molecule has 54 heavy (non-hydrogen) atoms. The van der Waals surface area contributed by atoms with Gasteiger partial charge in [0.05, 0.1) is 27.7 Å². The van der Waals surface area contributed by atoms with Gasteiger partial charge in [-0.3, -0.25) is 4.79 Å². The van der Waals surface area contributed by atoms with Gasteiger partial charge in [-0.1, -0.05) is 239 Å². The number of hydrogen-bond donors (Lipinski definition) is 0. The zero-order chi connectivity index (χ0) is 38.8. The molecule has 1 amide bonds. The molecule has 0 atom stereocenters. The third-order valence-electron chi connectivity index (χ3n) is 11.9. The SMILES string of the molecule is CCCCCCCCCCCCCCCCCCN(CCCCCCCCCCCCCCCCCC)C(=O)CCCCCCCCCC[N+](C)(C)C.[Br-]. The van der Waals surface area contributed by atoms with E-state index in [2.05, 4.69) is 39.9 Å². The van der Waals surface area contributed by atoms with Crippen LogP contribution in [-0.2, 0) is 4.79 Å². The van der Waals surface area contributed by atoms with Gasteiger partial charge in [0.25, 0.3) is 0 Å². The molecular formula is C50H103BrN2O. The van der Waals surface area contributed by atoms with Crippen molar-refractivity contribution in [2.45, 2.75) is 277 Å². The number of unbranched alkanes of at least 4 members (excludes halogenated alkanes) is 37. The minimum Gasteiger partial charge on any atom is -1.00 e. The summed E-state index contributed by atoms with van der Waals surface area (Å²) in [5.74, 6) is 0.451. The Balaban J connectivity index is 0. The van der Waals surface area contributed by atoms with Gasteiger partial charge in [-0.05, 0) is 32.1 Å². The highest BCUT2D eigenvalue weighted by Crippen LogP contribution is 2.17. The molecule has 3 nitrogen and oxygen atoms in total. The van der Waals surface area contributed by atoms with Gasteiger partial charge in [-0.2, -0.15) is 0 Å². The third-order valence-corrected chi connectivity index (χ3v) is 11.9. The lowest BCUT2D eigenvalue weighted by atomic mass is 10.0. The molecule has 326 valence electrons. The Morgan fingerprint density at radius 2 is 0.556 bits per heavy atom. The molecular weight excluding hydrogens is 724 g/mol. The summed E-state index contributed by atoms with van der Waals surface area (Å²) >= 11 is 0. The van der Waals surface area contributed by atoms with Crippen LogP contribution in [0.25, 0.3) is 0 Å². The van der Waals surface area contributed by atoms with Gasteiger partial charge in [0.15, 0.2) is 0 Å². The zero-order valence-corrected chi connectivity index (χ0v) is 39.9. The number of hydrogen-bond acceptors (Lipinski definition) is 1. The summed E-state index contributed by atoms with van der Waals surface area (Å²) in [7, 11) is 6.89. The monoisotopic (exact) mass is 827 g/mol. The van der Waals surface area contributed by atoms with Crippen LogP contribution >= 0.6 is 0 Å². The van der Waals surface area contributed by atoms with E-state index >= 15 is 0 Å². The molecule has 0 aromatic heterocycles. The lowest BCUT2D eigenvalue weighted by Gasteiger charge is -2.23. The van der Waals surface area contributed by atoms with Crippen LogP contribution in [0.4, 0.5) is 0 Å². The lowest BCUT2D eigenvalue weighted by molar-refractivity contribution is -0.870. The van der Waals surface area contributed by atoms with Crippen LogP contribution in [0.3, 0.4) is 0 Å². The van der Waals surface area contributed by atoms with Crippen LogP contribution in [0.5, 0.6) is 0 Å². The highest BCUT2D eigenvalue weighted by atomic mass is 79.9. The highest BCUT2D eigenvalue weighted by molar-refractivity contribution is 5.76. The first-order valence-electron chi connectivity index (χ1n) is 25.0. The van der Waals surface area contributed by atoms with Crippen molar-refractivity contribution in [2.24, 2.45) is 0 Å². The predicted molar refractivity (Wildman–Crippen MR) is 240 cm³/mol. The Hall–Kier alpha value is -0.0900. The van der Waals surface area contributed by atoms with E-state index in [1.807, 2.05) is 0 Å². The van der Waals surface area contributed by atoms with E-state index in [-0.39, 0.29) is 17.0 Å². The molecule has 0 rings (SSSR count). The number of amides is 1. The topological polar surface area (TPSA) is 20.3 Å². The minimum absolute atomic E-state index is 0. The number of carbonyl (C=O) groups is 1. The summed E-state index contributed by atoms with van der Waals surface area (Å²) in [6.45, 7) is 7.91. The van der Waals surface area contributed by atoms with Crippen LogP contribution in [0, 0.1) is 0 Å². The van der Waals surface area contributed by atoms with E-state index in [1.165, 1.54) is 257 Å². The Morgan fingerprint density at radius 1 is 0.333 bits per heavy atom. The number of nitrogens with zero attached hydrogens (tertiary/aromatic N) is 2. The molecule has 0 fully saturated rings. The second kappa shape index (κ2) is 45.6. The maximum absolute atomic E-state index is 13.3. The number of carbonyl (C=O) groups excluding carboxylic acids is 1. The summed E-state index contributed by atoms with van der Waals surface area (Å²) in [6.07, 6.45) is 56.2. The number of rotatable bonds is 45. The molecule has 0 radical (unpaired) electrons. The molecule has 0 aromatic rings. The van der Waals surface area contributed by atoms with Crippen LogP contribution in [0.2, 0.25) is 0 Å². The predicted octanol–water partition coefficient (Wildman–Crippen LogP) is 13.6. The van der Waals surface area contributed by atoms with Gasteiger partial charge in [0.2, 0.25) is 5.91 Å². The summed E-state index contributed by atoms with van der Waals surface area (Å²) in [5, 5.41) is 0. The fourth-order valence-corrected chi connectivity index (χ4v) is 8.14. The van der Waals surface area contributed by atoms with E-state index in [0.29, 0.717) is 5.91 Å². The first-order chi connectivity index (χ1) is 25.9. The van der Waals surface area contributed by atoms with Crippen molar-refractivity contribution in [3.8, 4) is 0 Å². The molecule has 4 heteroatoms. The Labute approximate surface area is 353 Å². The van der Waals surface area contributed by atoms with Gasteiger partial charge in [-0.25, -0.2) is 0 Å². The molecule has 0 aliphatic carbocycles. The normalized spacial score (nSPS) is 11.6. The summed E-state index contributed by atoms with van der Waals surface area (Å²) in [6, 6.07) is 0. The standard InChI is InChI=1S/C50H103N2O.BrH/c1-6-8-10-12-14-16-18-20-22-24-26-28-31-35-39-43-47-51(50(53)46-42-38-34-30-33-37-41-45-49-52(3,4)5)48-44-40-36-32-29-27-25-23-21-19-17-15-13-11-9-7-2;/h6-49H2,1-5H3;1H/q+1;/p-1. The second-order valence-electron chi connectivity index (χ2n) is 18.6. The van der Waals surface area contributed by atoms with E-state index in [1.54, 1.807) is 0 Å². The van der Waals surface area contributed by atoms with Crippen molar-refractivity contribution in [3.05, 3.63) is 0 Å². The molecule has 0 saturated heterocycles. The third kappa shape index (κ3) is 46.3. The van der Waals surface area contributed by atoms with Crippen molar-refractivity contribution >= 4 is 5.91 Å². The van der Waals surface area contributed by atoms with Gasteiger partial charge in [0.1, 0.15) is 0 Å². The Morgan fingerprint density at radius 3 is 0.815 bits per heavy atom. The maximum atomic E-state index is 13.3. The molecule has 0 heterocycles. The quantitative estimate of drug-likeness (QED) is 0.0442. The van der Waals surface area contributed by atoms with Crippen LogP contribution < -0.4 is 17.0 Å². The van der Waals surface area contributed by atoms with E-state index in [0.717, 1.165) is 30.4 Å². The minimum atomic E-state index is 0. The first kappa shape index (κ1) is 56.0. The highest BCUT2D eigenvalue weighted by Gasteiger charge is 2.13. The molecule has 0 aliphatic rings. The largest absolute Gasteiger partial charge is 1.00 e. The average Bonchev–Trinajstić information content (AvgIpc) is 3.13. The van der Waals surface area contributed by atoms with Crippen LogP contribution in [0.1, 0.15) is 277 Å². The van der Waals surface area contributed by atoms with E-state index < -0.39 is 0 Å². The summed E-state index contributed by atoms with van der Waals surface area (Å²) < 4.78 is 1.09. The fraction of sp³-hybridized carbons (Fsp3) is 0.980. The molecule has 0 aromatic carbocycles.